The van der Waals surface area contributed by atoms with Gasteiger partial charge in [0.05, 0.1) is 7.11 Å². The average molecular weight is 530 g/mol. The molecule has 2 aliphatic heterocycles. The summed E-state index contributed by atoms with van der Waals surface area (Å²) in [6, 6.07) is 8.26. The number of aliphatic imine (C=N–C) groups is 1. The zero-order valence-corrected chi connectivity index (χ0v) is 20.7. The monoisotopic (exact) mass is 530 g/mol. The number of methoxy groups -OCH3 is 1. The Morgan fingerprint density at radius 3 is 2.13 bits per heavy atom. The predicted molar refractivity (Wildman–Crippen MR) is 132 cm³/mol. The third-order valence-corrected chi connectivity index (χ3v) is 5.76. The lowest BCUT2D eigenvalue weighted by Gasteiger charge is -2.38. The Hall–Kier alpha value is -1.75. The molecule has 30 heavy (non-hydrogen) atoms. The number of halogens is 1. The van der Waals surface area contributed by atoms with Crippen molar-refractivity contribution >= 4 is 41.5 Å². The molecular weight excluding hydrogens is 495 g/mol. The van der Waals surface area contributed by atoms with E-state index >= 15 is 0 Å². The molecule has 8 nitrogen and oxygen atoms in total. The molecule has 0 bridgehead atoms. The molecule has 1 amide bonds. The second-order valence-corrected chi connectivity index (χ2v) is 7.49. The SMILES string of the molecule is CN=C(NCCN1CCN(C(C)=O)CC1)N1CCN(c2ccc(OC)cc2)CC1.I. The summed E-state index contributed by atoms with van der Waals surface area (Å²) in [6.45, 7) is 10.9. The molecule has 0 aliphatic carbocycles. The fourth-order valence-corrected chi connectivity index (χ4v) is 3.91. The number of nitrogens with one attached hydrogen (secondary N) is 1. The molecule has 1 aromatic carbocycles. The number of hydrogen-bond acceptors (Lipinski definition) is 5. The predicted octanol–water partition coefficient (Wildman–Crippen LogP) is 1.17. The summed E-state index contributed by atoms with van der Waals surface area (Å²) in [5.74, 6) is 2.04. The van der Waals surface area contributed by atoms with Gasteiger partial charge in [0.2, 0.25) is 5.91 Å². The van der Waals surface area contributed by atoms with Crippen LogP contribution in [-0.2, 0) is 4.79 Å². The number of hydrogen-bond donors (Lipinski definition) is 1. The van der Waals surface area contributed by atoms with Crippen LogP contribution < -0.4 is 15.0 Å². The average Bonchev–Trinajstić information content (AvgIpc) is 2.77. The second kappa shape index (κ2) is 12.2. The molecule has 0 aromatic heterocycles. The van der Waals surface area contributed by atoms with Crippen LogP contribution in [0.5, 0.6) is 5.75 Å². The van der Waals surface area contributed by atoms with Gasteiger partial charge in [-0.2, -0.15) is 0 Å². The first-order valence-corrected chi connectivity index (χ1v) is 10.4. The van der Waals surface area contributed by atoms with Crippen LogP contribution in [0.3, 0.4) is 0 Å². The van der Waals surface area contributed by atoms with Crippen molar-refractivity contribution in [2.45, 2.75) is 6.92 Å². The van der Waals surface area contributed by atoms with Crippen molar-refractivity contribution in [2.75, 3.05) is 84.5 Å². The van der Waals surface area contributed by atoms with E-state index in [4.69, 9.17) is 4.74 Å². The highest BCUT2D eigenvalue weighted by atomic mass is 127. The first-order valence-electron chi connectivity index (χ1n) is 10.4. The molecule has 0 radical (unpaired) electrons. The van der Waals surface area contributed by atoms with Crippen LogP contribution in [0.1, 0.15) is 6.92 Å². The lowest BCUT2D eigenvalue weighted by Crippen LogP contribution is -2.54. The van der Waals surface area contributed by atoms with Crippen molar-refractivity contribution in [2.24, 2.45) is 4.99 Å². The summed E-state index contributed by atoms with van der Waals surface area (Å²) in [4.78, 5) is 25.0. The number of carbonyl (C=O) groups is 1. The topological polar surface area (TPSA) is 63.7 Å². The smallest absolute Gasteiger partial charge is 0.219 e. The normalized spacial score (nSPS) is 18.1. The number of benzene rings is 1. The van der Waals surface area contributed by atoms with E-state index in [1.165, 1.54) is 5.69 Å². The van der Waals surface area contributed by atoms with Crippen LogP contribution in [0.4, 0.5) is 5.69 Å². The van der Waals surface area contributed by atoms with Gasteiger partial charge in [-0.25, -0.2) is 0 Å². The quantitative estimate of drug-likeness (QED) is 0.351. The van der Waals surface area contributed by atoms with Crippen LogP contribution in [-0.4, -0.2) is 106 Å². The molecule has 3 rings (SSSR count). The highest BCUT2D eigenvalue weighted by Gasteiger charge is 2.21. The van der Waals surface area contributed by atoms with E-state index in [-0.39, 0.29) is 29.9 Å². The van der Waals surface area contributed by atoms with Gasteiger partial charge in [0.15, 0.2) is 5.96 Å². The zero-order chi connectivity index (χ0) is 20.6. The lowest BCUT2D eigenvalue weighted by molar-refractivity contribution is -0.130. The maximum absolute atomic E-state index is 11.4. The minimum Gasteiger partial charge on any atom is -0.497 e. The summed E-state index contributed by atoms with van der Waals surface area (Å²) in [5, 5.41) is 3.51. The van der Waals surface area contributed by atoms with Crippen molar-refractivity contribution in [3.63, 3.8) is 0 Å². The number of rotatable bonds is 5. The van der Waals surface area contributed by atoms with Gasteiger partial charge in [0, 0.05) is 85.1 Å². The van der Waals surface area contributed by atoms with E-state index in [0.29, 0.717) is 0 Å². The van der Waals surface area contributed by atoms with Gasteiger partial charge in [-0.3, -0.25) is 14.7 Å². The highest BCUT2D eigenvalue weighted by molar-refractivity contribution is 14.0. The zero-order valence-electron chi connectivity index (χ0n) is 18.3. The highest BCUT2D eigenvalue weighted by Crippen LogP contribution is 2.20. The number of guanidine groups is 1. The largest absolute Gasteiger partial charge is 0.497 e. The number of nitrogens with zero attached hydrogens (tertiary/aromatic N) is 5. The minimum atomic E-state index is 0. The Bertz CT molecular complexity index is 683. The minimum absolute atomic E-state index is 0. The van der Waals surface area contributed by atoms with Crippen LogP contribution in [0, 0.1) is 0 Å². The molecular formula is C21H35IN6O2. The first-order chi connectivity index (χ1) is 14.1. The molecule has 168 valence electrons. The molecule has 1 aromatic rings. The van der Waals surface area contributed by atoms with Crippen LogP contribution in [0.15, 0.2) is 29.3 Å². The van der Waals surface area contributed by atoms with E-state index < -0.39 is 0 Å². The lowest BCUT2D eigenvalue weighted by atomic mass is 10.2. The standard InChI is InChI=1S/C21H34N6O2.HI/c1-18(28)25-12-10-24(11-13-25)9-8-23-21(22-2)27-16-14-26(15-17-27)19-4-6-20(29-3)7-5-19;/h4-7H,8-17H2,1-3H3,(H,22,23);1H. The van der Waals surface area contributed by atoms with Crippen molar-refractivity contribution in [3.8, 4) is 5.75 Å². The van der Waals surface area contributed by atoms with Crippen LogP contribution in [0.2, 0.25) is 0 Å². The van der Waals surface area contributed by atoms with Gasteiger partial charge < -0.3 is 24.8 Å². The van der Waals surface area contributed by atoms with E-state index in [1.807, 2.05) is 24.1 Å². The number of ether oxygens (including phenoxy) is 1. The summed E-state index contributed by atoms with van der Waals surface area (Å²) in [6.07, 6.45) is 0. The van der Waals surface area contributed by atoms with Crippen molar-refractivity contribution in [3.05, 3.63) is 24.3 Å². The Morgan fingerprint density at radius 2 is 1.60 bits per heavy atom. The number of anilines is 1. The summed E-state index contributed by atoms with van der Waals surface area (Å²) in [5.41, 5.74) is 1.23. The van der Waals surface area contributed by atoms with E-state index in [1.54, 1.807) is 14.0 Å². The Balaban J connectivity index is 0.00000320. The number of amides is 1. The third kappa shape index (κ3) is 6.63. The molecule has 9 heteroatoms. The molecule has 0 spiro atoms. The molecule has 0 atom stereocenters. The summed E-state index contributed by atoms with van der Waals surface area (Å²) >= 11 is 0. The molecule has 2 heterocycles. The van der Waals surface area contributed by atoms with Crippen LogP contribution >= 0.6 is 24.0 Å². The maximum Gasteiger partial charge on any atom is 0.219 e. The molecule has 1 N–H and O–H groups in total. The summed E-state index contributed by atoms with van der Waals surface area (Å²) in [7, 11) is 3.54. The Labute approximate surface area is 197 Å². The molecule has 2 fully saturated rings. The van der Waals surface area contributed by atoms with Gasteiger partial charge >= 0.3 is 0 Å². The Morgan fingerprint density at radius 1 is 1.00 bits per heavy atom. The van der Waals surface area contributed by atoms with Crippen molar-refractivity contribution in [1.82, 2.24) is 20.0 Å². The van der Waals surface area contributed by atoms with Crippen molar-refractivity contribution < 1.29 is 9.53 Å². The van der Waals surface area contributed by atoms with Crippen LogP contribution in [0.25, 0.3) is 0 Å². The molecule has 2 saturated heterocycles. The Kier molecular flexibility index (Phi) is 9.96. The first kappa shape index (κ1) is 24.5. The fourth-order valence-electron chi connectivity index (χ4n) is 3.91. The van der Waals surface area contributed by atoms with E-state index in [2.05, 4.69) is 37.1 Å². The summed E-state index contributed by atoms with van der Waals surface area (Å²) < 4.78 is 5.25. The van der Waals surface area contributed by atoms with Gasteiger partial charge in [0.25, 0.3) is 0 Å². The van der Waals surface area contributed by atoms with E-state index in [9.17, 15) is 4.79 Å². The third-order valence-electron chi connectivity index (χ3n) is 5.76. The number of piperazine rings is 2. The molecule has 0 unspecified atom stereocenters. The molecule has 0 saturated carbocycles. The molecule has 2 aliphatic rings. The van der Waals surface area contributed by atoms with Gasteiger partial charge in [0.1, 0.15) is 5.75 Å². The second-order valence-electron chi connectivity index (χ2n) is 7.49. The maximum atomic E-state index is 11.4. The van der Waals surface area contributed by atoms with E-state index in [0.717, 1.165) is 77.2 Å². The van der Waals surface area contributed by atoms with Gasteiger partial charge in [-0.1, -0.05) is 0 Å². The van der Waals surface area contributed by atoms with Gasteiger partial charge in [-0.05, 0) is 24.3 Å². The fraction of sp³-hybridized carbons (Fsp3) is 0.619. The van der Waals surface area contributed by atoms with Crippen molar-refractivity contribution in [1.29, 1.82) is 0 Å². The van der Waals surface area contributed by atoms with Gasteiger partial charge in [-0.15, -0.1) is 24.0 Å². The number of carbonyl (C=O) groups excluding carboxylic acids is 1.